The number of morpholine rings is 1. The fourth-order valence-corrected chi connectivity index (χ4v) is 9.47. The van der Waals surface area contributed by atoms with Crippen LogP contribution in [0.5, 0.6) is 0 Å². The van der Waals surface area contributed by atoms with Gasteiger partial charge in [0.15, 0.2) is 0 Å². The summed E-state index contributed by atoms with van der Waals surface area (Å²) in [7, 11) is 0. The van der Waals surface area contributed by atoms with Crippen LogP contribution in [-0.4, -0.2) is 103 Å². The number of hydrogen-bond acceptors (Lipinski definition) is 6. The third-order valence-corrected chi connectivity index (χ3v) is 13.3. The van der Waals surface area contributed by atoms with Crippen molar-refractivity contribution in [3.05, 3.63) is 104 Å². The highest BCUT2D eigenvalue weighted by Crippen LogP contribution is 2.48. The second-order valence-electron chi connectivity index (χ2n) is 15.9. The number of amides is 2. The summed E-state index contributed by atoms with van der Waals surface area (Å²) in [5.74, 6) is -0.822. The van der Waals surface area contributed by atoms with Gasteiger partial charge in [-0.05, 0) is 105 Å². The number of likely N-dealkylation sites (tertiary alicyclic amines) is 2. The monoisotopic (exact) mass is 891 g/mol. The highest BCUT2D eigenvalue weighted by Gasteiger charge is 2.50. The normalized spacial score (nSPS) is 22.6. The first-order valence-corrected chi connectivity index (χ1v) is 20.3. The Morgan fingerprint density at radius 1 is 0.847 bits per heavy atom. The van der Waals surface area contributed by atoms with Crippen molar-refractivity contribution in [2.45, 2.75) is 68.0 Å². The van der Waals surface area contributed by atoms with E-state index < -0.39 is 40.6 Å². The van der Waals surface area contributed by atoms with Gasteiger partial charge in [-0.15, -0.1) is 12.4 Å². The SMILES string of the molecule is Cl.O=C(CO[C@H]1Cc2ccccc2C12CCN(CC[C@@]1(c3ccc(Cl)c(Cl)c3)CN(C(=O)c3cc(C(F)(F)F)cc(C(F)(F)F)c3)CCO1)CC2)N1CCC(CO)CC1. The molecule has 17 heteroatoms. The second kappa shape index (κ2) is 18.1. The van der Waals surface area contributed by atoms with Crippen molar-refractivity contribution in [2.75, 3.05) is 65.6 Å². The molecule has 0 aromatic heterocycles. The van der Waals surface area contributed by atoms with Crippen molar-refractivity contribution >= 4 is 47.4 Å². The first-order valence-electron chi connectivity index (χ1n) is 19.5. The summed E-state index contributed by atoms with van der Waals surface area (Å²) in [4.78, 5) is 32.4. The van der Waals surface area contributed by atoms with Crippen LogP contribution < -0.4 is 0 Å². The van der Waals surface area contributed by atoms with Gasteiger partial charge >= 0.3 is 12.4 Å². The maximum absolute atomic E-state index is 13.8. The number of aliphatic hydroxyl groups is 1. The van der Waals surface area contributed by atoms with Gasteiger partial charge in [-0.3, -0.25) is 9.59 Å². The number of carbonyl (C=O) groups excluding carboxylic acids is 2. The van der Waals surface area contributed by atoms with Crippen molar-refractivity contribution in [1.29, 1.82) is 0 Å². The Hall–Kier alpha value is -3.11. The van der Waals surface area contributed by atoms with Crippen LogP contribution >= 0.6 is 35.6 Å². The van der Waals surface area contributed by atoms with Gasteiger partial charge in [0.05, 0.1) is 40.4 Å². The van der Waals surface area contributed by atoms with Gasteiger partial charge in [0, 0.05) is 43.8 Å². The number of hydrogen-bond donors (Lipinski definition) is 1. The number of rotatable bonds is 9. The van der Waals surface area contributed by atoms with E-state index in [1.807, 2.05) is 17.0 Å². The Labute approximate surface area is 355 Å². The fourth-order valence-electron chi connectivity index (χ4n) is 9.17. The summed E-state index contributed by atoms with van der Waals surface area (Å²) in [6.45, 7) is 2.86. The number of nitrogens with zero attached hydrogens (tertiary/aromatic N) is 3. The molecule has 322 valence electrons. The van der Waals surface area contributed by atoms with E-state index in [-0.39, 0.29) is 84.8 Å². The Kier molecular flexibility index (Phi) is 13.9. The van der Waals surface area contributed by atoms with Gasteiger partial charge < -0.3 is 29.3 Å². The van der Waals surface area contributed by atoms with Crippen LogP contribution in [0, 0.1) is 5.92 Å². The molecular formula is C42H46Cl3F6N3O5. The van der Waals surface area contributed by atoms with Gasteiger partial charge in [-0.2, -0.15) is 26.3 Å². The first-order chi connectivity index (χ1) is 27.5. The van der Waals surface area contributed by atoms with Crippen LogP contribution in [0.3, 0.4) is 0 Å². The van der Waals surface area contributed by atoms with Crippen LogP contribution in [0.15, 0.2) is 60.7 Å². The Balaban J connectivity index is 0.00000585. The van der Waals surface area contributed by atoms with Crippen molar-refractivity contribution in [2.24, 2.45) is 5.92 Å². The standard InChI is InChI=1S/C42H45Cl2F6N3O5.ClH/c43-34-6-5-30(23-35(34)44)40(26-53(17-18-58-40)38(56)29-19-31(41(45,46)47)22-32(20-29)42(48,49)50)11-16-51-14-9-39(10-15-51)33-4-2-1-3-28(33)21-36(39)57-25-37(55)52-12-7-27(24-54)8-13-52;/h1-6,19-20,22-23,27,36,54H,7-18,21,24-26H2;1H/t36-,40-;/m0./s1. The maximum Gasteiger partial charge on any atom is 0.416 e. The Morgan fingerprint density at radius 3 is 2.14 bits per heavy atom. The molecule has 3 aliphatic heterocycles. The number of aliphatic hydroxyl groups excluding tert-OH is 1. The quantitative estimate of drug-likeness (QED) is 0.218. The van der Waals surface area contributed by atoms with E-state index in [9.17, 15) is 41.0 Å². The minimum Gasteiger partial charge on any atom is -0.396 e. The van der Waals surface area contributed by atoms with E-state index in [1.54, 1.807) is 18.2 Å². The van der Waals surface area contributed by atoms with Crippen LogP contribution in [-0.2, 0) is 44.1 Å². The van der Waals surface area contributed by atoms with E-state index in [1.165, 1.54) is 16.0 Å². The molecule has 3 saturated heterocycles. The summed E-state index contributed by atoms with van der Waals surface area (Å²) < 4.78 is 95.2. The molecule has 1 aliphatic carbocycles. The number of carbonyl (C=O) groups is 2. The van der Waals surface area contributed by atoms with Gasteiger partial charge in [0.1, 0.15) is 12.2 Å². The molecule has 3 aromatic rings. The minimum absolute atomic E-state index is 0. The lowest BCUT2D eigenvalue weighted by Gasteiger charge is -2.46. The number of alkyl halides is 6. The lowest BCUT2D eigenvalue weighted by molar-refractivity contribution is -0.143. The molecule has 0 bridgehead atoms. The van der Waals surface area contributed by atoms with Crippen molar-refractivity contribution < 1.29 is 50.5 Å². The molecule has 1 N–H and O–H groups in total. The Bertz CT molecular complexity index is 1960. The van der Waals surface area contributed by atoms with Crippen LogP contribution in [0.4, 0.5) is 26.3 Å². The van der Waals surface area contributed by atoms with Crippen LogP contribution in [0.2, 0.25) is 10.0 Å². The van der Waals surface area contributed by atoms with Gasteiger partial charge in [-0.1, -0.05) is 53.5 Å². The van der Waals surface area contributed by atoms with E-state index in [0.717, 1.165) is 25.7 Å². The van der Waals surface area contributed by atoms with Crippen molar-refractivity contribution in [1.82, 2.24) is 14.7 Å². The summed E-state index contributed by atoms with van der Waals surface area (Å²) >= 11 is 12.7. The molecule has 3 fully saturated rings. The first kappa shape index (κ1) is 45.4. The molecule has 0 radical (unpaired) electrons. The smallest absolute Gasteiger partial charge is 0.396 e. The average Bonchev–Trinajstić information content (AvgIpc) is 3.51. The molecule has 7 rings (SSSR count). The van der Waals surface area contributed by atoms with E-state index >= 15 is 0 Å². The van der Waals surface area contributed by atoms with Crippen molar-refractivity contribution in [3.8, 4) is 0 Å². The number of halogens is 9. The molecule has 4 aliphatic rings. The number of benzene rings is 3. The van der Waals surface area contributed by atoms with Gasteiger partial charge in [0.2, 0.25) is 5.91 Å². The predicted molar refractivity (Wildman–Crippen MR) is 212 cm³/mol. The zero-order valence-electron chi connectivity index (χ0n) is 32.1. The fraction of sp³-hybridized carbons (Fsp3) is 0.524. The van der Waals surface area contributed by atoms with Gasteiger partial charge in [0.25, 0.3) is 5.91 Å². The van der Waals surface area contributed by atoms with Gasteiger partial charge in [-0.25, -0.2) is 0 Å². The molecule has 1 spiro atoms. The molecule has 8 nitrogen and oxygen atoms in total. The molecule has 59 heavy (non-hydrogen) atoms. The average molecular weight is 893 g/mol. The zero-order valence-corrected chi connectivity index (χ0v) is 34.4. The van der Waals surface area contributed by atoms with E-state index in [4.69, 9.17) is 32.7 Å². The molecule has 3 heterocycles. The molecule has 2 atom stereocenters. The molecule has 3 aromatic carbocycles. The number of piperidine rings is 2. The van der Waals surface area contributed by atoms with Crippen LogP contribution in [0.25, 0.3) is 0 Å². The third kappa shape index (κ3) is 9.69. The minimum atomic E-state index is -5.11. The second-order valence-corrected chi connectivity index (χ2v) is 16.7. The lowest BCUT2D eigenvalue weighted by atomic mass is 9.72. The summed E-state index contributed by atoms with van der Waals surface area (Å²) in [5.41, 5.74) is -2.42. The largest absolute Gasteiger partial charge is 0.416 e. The van der Waals surface area contributed by atoms with Crippen LogP contribution in [0.1, 0.15) is 70.3 Å². The highest BCUT2D eigenvalue weighted by molar-refractivity contribution is 6.42. The molecule has 0 saturated carbocycles. The highest BCUT2D eigenvalue weighted by atomic mass is 35.5. The predicted octanol–water partition coefficient (Wildman–Crippen LogP) is 8.42. The number of fused-ring (bicyclic) bond motifs is 2. The summed E-state index contributed by atoms with van der Waals surface area (Å²) in [5, 5.41) is 9.99. The maximum atomic E-state index is 13.8. The zero-order chi connectivity index (χ0) is 41.5. The third-order valence-electron chi connectivity index (χ3n) is 12.5. The van der Waals surface area contributed by atoms with Crippen molar-refractivity contribution in [3.63, 3.8) is 0 Å². The Morgan fingerprint density at radius 2 is 1.51 bits per heavy atom. The summed E-state index contributed by atoms with van der Waals surface area (Å²) in [6.07, 6.45) is -6.41. The summed E-state index contributed by atoms with van der Waals surface area (Å²) in [6, 6.07) is 14.1. The van der Waals surface area contributed by atoms with E-state index in [2.05, 4.69) is 17.0 Å². The molecular weight excluding hydrogens is 847 g/mol. The topological polar surface area (TPSA) is 82.5 Å². The molecule has 0 unspecified atom stereocenters. The lowest BCUT2D eigenvalue weighted by Crippen LogP contribution is -2.54. The van der Waals surface area contributed by atoms with E-state index in [0.29, 0.717) is 63.3 Å². The molecule has 2 amide bonds. The number of ether oxygens (including phenoxy) is 2.